The highest BCUT2D eigenvalue weighted by molar-refractivity contribution is 5.72. The summed E-state index contributed by atoms with van der Waals surface area (Å²) in [7, 11) is 0. The zero-order valence-corrected chi connectivity index (χ0v) is 8.47. The van der Waals surface area contributed by atoms with E-state index in [1.807, 2.05) is 0 Å². The van der Waals surface area contributed by atoms with E-state index in [0.717, 1.165) is 0 Å². The number of aromatic nitrogens is 4. The minimum atomic E-state index is -4.18. The van der Waals surface area contributed by atoms with Crippen LogP contribution in [0, 0.1) is 6.92 Å². The summed E-state index contributed by atoms with van der Waals surface area (Å²) in [5.74, 6) is 0.615. The van der Waals surface area contributed by atoms with Gasteiger partial charge in [-0.25, -0.2) is 15.0 Å². The molecule has 2 aromatic rings. The summed E-state index contributed by atoms with van der Waals surface area (Å²) < 4.78 is 36.2. The number of rotatable bonds is 2. The maximum atomic E-state index is 12.1. The summed E-state index contributed by atoms with van der Waals surface area (Å²) in [5.41, 5.74) is 1.22. The van der Waals surface area contributed by atoms with Crippen molar-refractivity contribution in [2.24, 2.45) is 0 Å². The van der Waals surface area contributed by atoms with Gasteiger partial charge < -0.3 is 4.98 Å². The predicted molar refractivity (Wildman–Crippen MR) is 50.8 cm³/mol. The van der Waals surface area contributed by atoms with E-state index in [0.29, 0.717) is 22.7 Å². The van der Waals surface area contributed by atoms with E-state index >= 15 is 0 Å². The van der Waals surface area contributed by atoms with Crippen LogP contribution in [0.15, 0.2) is 6.33 Å². The number of alkyl halides is 3. The third-order valence-electron chi connectivity index (χ3n) is 2.12. The first-order valence-electron chi connectivity index (χ1n) is 4.68. The third-order valence-corrected chi connectivity index (χ3v) is 2.12. The van der Waals surface area contributed by atoms with Crippen LogP contribution in [0.3, 0.4) is 0 Å². The fourth-order valence-corrected chi connectivity index (χ4v) is 1.43. The van der Waals surface area contributed by atoms with Gasteiger partial charge in [-0.1, -0.05) is 0 Å². The van der Waals surface area contributed by atoms with Crippen molar-refractivity contribution in [2.75, 3.05) is 0 Å². The van der Waals surface area contributed by atoms with Crippen molar-refractivity contribution in [1.29, 1.82) is 0 Å². The van der Waals surface area contributed by atoms with E-state index in [9.17, 15) is 13.2 Å². The topological polar surface area (TPSA) is 54.5 Å². The molecule has 0 saturated carbocycles. The Bertz CT molecular complexity index is 503. The van der Waals surface area contributed by atoms with Gasteiger partial charge in [0, 0.05) is 12.8 Å². The van der Waals surface area contributed by atoms with E-state index in [-0.39, 0.29) is 6.42 Å². The third kappa shape index (κ3) is 2.29. The molecule has 0 spiro atoms. The fraction of sp³-hybridized carbons (Fsp3) is 0.444. The summed E-state index contributed by atoms with van der Waals surface area (Å²) >= 11 is 0. The van der Waals surface area contributed by atoms with Gasteiger partial charge in [0.1, 0.15) is 17.7 Å². The second-order valence-electron chi connectivity index (χ2n) is 3.45. The minimum Gasteiger partial charge on any atom is -0.327 e. The molecule has 16 heavy (non-hydrogen) atoms. The van der Waals surface area contributed by atoms with Crippen molar-refractivity contribution in [3.8, 4) is 0 Å². The molecule has 0 aliphatic carbocycles. The molecule has 0 atom stereocenters. The lowest BCUT2D eigenvalue weighted by Crippen LogP contribution is -2.09. The molecule has 2 heterocycles. The van der Waals surface area contributed by atoms with Crippen LogP contribution in [0.25, 0.3) is 11.2 Å². The monoisotopic (exact) mass is 230 g/mol. The highest BCUT2D eigenvalue weighted by atomic mass is 19.4. The first-order valence-corrected chi connectivity index (χ1v) is 4.68. The van der Waals surface area contributed by atoms with Crippen LogP contribution in [0.4, 0.5) is 13.2 Å². The number of aromatic amines is 1. The molecule has 0 aromatic carbocycles. The molecule has 0 unspecified atom stereocenters. The number of nitrogens with zero attached hydrogens (tertiary/aromatic N) is 3. The van der Waals surface area contributed by atoms with E-state index in [1.165, 1.54) is 6.33 Å². The highest BCUT2D eigenvalue weighted by Gasteiger charge is 2.27. The molecule has 86 valence electrons. The normalized spacial score (nSPS) is 12.2. The Morgan fingerprint density at radius 1 is 1.31 bits per heavy atom. The standard InChI is InChI=1S/C9H9F3N4/c1-5-15-7-6(2-3-9(10,11)12)13-4-14-8(7)16-5/h4H,2-3H2,1H3,(H,13,14,15,16). The number of H-pyrrole nitrogens is 1. The van der Waals surface area contributed by atoms with Crippen molar-refractivity contribution >= 4 is 11.2 Å². The van der Waals surface area contributed by atoms with E-state index in [4.69, 9.17) is 0 Å². The molecular weight excluding hydrogens is 221 g/mol. The first kappa shape index (κ1) is 10.8. The molecule has 4 nitrogen and oxygen atoms in total. The Hall–Kier alpha value is -1.66. The Morgan fingerprint density at radius 3 is 2.75 bits per heavy atom. The Kier molecular flexibility index (Phi) is 2.53. The predicted octanol–water partition coefficient (Wildman–Crippen LogP) is 2.16. The van der Waals surface area contributed by atoms with Crippen molar-refractivity contribution in [3.63, 3.8) is 0 Å². The molecular formula is C9H9F3N4. The Balaban J connectivity index is 2.30. The number of nitrogens with one attached hydrogen (secondary N) is 1. The average Bonchev–Trinajstić information content (AvgIpc) is 2.54. The smallest absolute Gasteiger partial charge is 0.327 e. The van der Waals surface area contributed by atoms with E-state index < -0.39 is 12.6 Å². The number of hydrogen-bond donors (Lipinski definition) is 1. The number of halogens is 3. The first-order chi connectivity index (χ1) is 7.46. The van der Waals surface area contributed by atoms with Crippen LogP contribution in [-0.4, -0.2) is 26.1 Å². The molecule has 0 radical (unpaired) electrons. The molecule has 0 aliphatic rings. The van der Waals surface area contributed by atoms with Crippen molar-refractivity contribution in [1.82, 2.24) is 19.9 Å². The molecule has 0 bridgehead atoms. The number of imidazole rings is 1. The van der Waals surface area contributed by atoms with Gasteiger partial charge in [0.15, 0.2) is 5.65 Å². The molecule has 0 amide bonds. The van der Waals surface area contributed by atoms with Crippen molar-refractivity contribution in [3.05, 3.63) is 17.8 Å². The lowest BCUT2D eigenvalue weighted by atomic mass is 10.2. The maximum Gasteiger partial charge on any atom is 0.389 e. The molecule has 2 aromatic heterocycles. The summed E-state index contributed by atoms with van der Waals surface area (Å²) in [5, 5.41) is 0. The number of aryl methyl sites for hydroxylation is 2. The minimum absolute atomic E-state index is 0.174. The molecule has 1 N–H and O–H groups in total. The molecule has 0 saturated heterocycles. The summed E-state index contributed by atoms with van der Waals surface area (Å²) in [6, 6.07) is 0. The van der Waals surface area contributed by atoms with E-state index in [1.54, 1.807) is 6.92 Å². The Labute approximate surface area is 88.9 Å². The Morgan fingerprint density at radius 2 is 2.06 bits per heavy atom. The van der Waals surface area contributed by atoms with Crippen molar-refractivity contribution < 1.29 is 13.2 Å². The van der Waals surface area contributed by atoms with Gasteiger partial charge in [-0.15, -0.1) is 0 Å². The average molecular weight is 230 g/mol. The van der Waals surface area contributed by atoms with Gasteiger partial charge in [-0.2, -0.15) is 13.2 Å². The van der Waals surface area contributed by atoms with Crippen LogP contribution < -0.4 is 0 Å². The highest BCUT2D eigenvalue weighted by Crippen LogP contribution is 2.23. The molecule has 2 rings (SSSR count). The van der Waals surface area contributed by atoms with Gasteiger partial charge in [0.2, 0.25) is 0 Å². The van der Waals surface area contributed by atoms with Gasteiger partial charge >= 0.3 is 6.18 Å². The lowest BCUT2D eigenvalue weighted by Gasteiger charge is -2.05. The van der Waals surface area contributed by atoms with E-state index in [2.05, 4.69) is 19.9 Å². The summed E-state index contributed by atoms with van der Waals surface area (Å²) in [6.07, 6.45) is -4.01. The van der Waals surface area contributed by atoms with Crippen LogP contribution in [-0.2, 0) is 6.42 Å². The molecule has 0 fully saturated rings. The maximum absolute atomic E-state index is 12.1. The van der Waals surface area contributed by atoms with Gasteiger partial charge in [-0.05, 0) is 6.92 Å². The largest absolute Gasteiger partial charge is 0.389 e. The second kappa shape index (κ2) is 3.73. The lowest BCUT2D eigenvalue weighted by molar-refractivity contribution is -0.134. The number of hydrogen-bond acceptors (Lipinski definition) is 3. The molecule has 0 aliphatic heterocycles. The van der Waals surface area contributed by atoms with Crippen LogP contribution >= 0.6 is 0 Å². The molecule has 7 heteroatoms. The SMILES string of the molecule is Cc1nc2c(CCC(F)(F)F)ncnc2[nH]1. The summed E-state index contributed by atoms with van der Waals surface area (Å²) in [6.45, 7) is 1.72. The van der Waals surface area contributed by atoms with Crippen LogP contribution in [0.5, 0.6) is 0 Å². The second-order valence-corrected chi connectivity index (χ2v) is 3.45. The summed E-state index contributed by atoms with van der Waals surface area (Å²) in [4.78, 5) is 14.6. The van der Waals surface area contributed by atoms with Gasteiger partial charge in [0.05, 0.1) is 5.69 Å². The quantitative estimate of drug-likeness (QED) is 0.860. The van der Waals surface area contributed by atoms with Crippen molar-refractivity contribution in [2.45, 2.75) is 25.9 Å². The van der Waals surface area contributed by atoms with Gasteiger partial charge in [-0.3, -0.25) is 0 Å². The van der Waals surface area contributed by atoms with Crippen LogP contribution in [0.2, 0.25) is 0 Å². The van der Waals surface area contributed by atoms with Gasteiger partial charge in [0.25, 0.3) is 0 Å². The zero-order valence-electron chi connectivity index (χ0n) is 8.47. The number of fused-ring (bicyclic) bond motifs is 1. The zero-order chi connectivity index (χ0) is 11.8. The van der Waals surface area contributed by atoms with Crippen LogP contribution in [0.1, 0.15) is 17.9 Å². The fourth-order valence-electron chi connectivity index (χ4n) is 1.43.